The molecule has 102 valence electrons. The van der Waals surface area contributed by atoms with Gasteiger partial charge in [0.1, 0.15) is 5.82 Å². The Bertz CT molecular complexity index is 566. The quantitative estimate of drug-likeness (QED) is 0.848. The number of nitrogens with two attached hydrogens (primary N) is 1. The number of hydrogen-bond acceptors (Lipinski definition) is 5. The Kier molecular flexibility index (Phi) is 4.01. The molecule has 0 amide bonds. The number of ether oxygens (including phenoxy) is 2. The monoisotopic (exact) mass is 262 g/mol. The predicted octanol–water partition coefficient (Wildman–Crippen LogP) is 1.30. The van der Waals surface area contributed by atoms with Gasteiger partial charge < -0.3 is 15.2 Å². The van der Waals surface area contributed by atoms with Crippen LogP contribution in [-0.2, 0) is 6.42 Å². The van der Waals surface area contributed by atoms with E-state index in [2.05, 4.69) is 15.2 Å². The van der Waals surface area contributed by atoms with Gasteiger partial charge in [-0.3, -0.25) is 5.10 Å². The third kappa shape index (κ3) is 2.68. The molecular weight excluding hydrogens is 244 g/mol. The zero-order chi connectivity index (χ0) is 13.8. The fourth-order valence-corrected chi connectivity index (χ4v) is 1.89. The first-order valence-electron chi connectivity index (χ1n) is 6.04. The summed E-state index contributed by atoms with van der Waals surface area (Å²) in [5, 5.41) is 7.09. The highest BCUT2D eigenvalue weighted by Crippen LogP contribution is 2.33. The maximum absolute atomic E-state index is 5.50. The second kappa shape index (κ2) is 5.71. The van der Waals surface area contributed by atoms with E-state index >= 15 is 0 Å². The molecule has 0 bridgehead atoms. The van der Waals surface area contributed by atoms with Crippen molar-refractivity contribution in [2.24, 2.45) is 5.73 Å². The molecule has 1 aromatic carbocycles. The van der Waals surface area contributed by atoms with Crippen LogP contribution in [0.1, 0.15) is 11.4 Å². The summed E-state index contributed by atoms with van der Waals surface area (Å²) in [6, 6.07) is 3.79. The average Bonchev–Trinajstić information content (AvgIpc) is 2.87. The summed E-state index contributed by atoms with van der Waals surface area (Å²) in [6.45, 7) is 2.52. The first-order chi connectivity index (χ1) is 9.19. The summed E-state index contributed by atoms with van der Waals surface area (Å²) in [4.78, 5) is 4.42. The molecule has 3 N–H and O–H groups in total. The lowest BCUT2D eigenvalue weighted by atomic mass is 10.1. The average molecular weight is 262 g/mol. The molecule has 0 saturated heterocycles. The smallest absolute Gasteiger partial charge is 0.181 e. The zero-order valence-electron chi connectivity index (χ0n) is 11.4. The minimum Gasteiger partial charge on any atom is -0.493 e. The van der Waals surface area contributed by atoms with Gasteiger partial charge in [-0.05, 0) is 31.2 Å². The van der Waals surface area contributed by atoms with E-state index in [1.165, 1.54) is 0 Å². The zero-order valence-corrected chi connectivity index (χ0v) is 11.4. The molecule has 0 aliphatic rings. The SMILES string of the molecule is COc1cc(C)c(-c2n[nH]c(CCN)n2)cc1OC. The second-order valence-corrected chi connectivity index (χ2v) is 4.17. The second-order valence-electron chi connectivity index (χ2n) is 4.17. The molecule has 6 heteroatoms. The van der Waals surface area contributed by atoms with Crippen LogP contribution >= 0.6 is 0 Å². The van der Waals surface area contributed by atoms with Crippen LogP contribution in [-0.4, -0.2) is 35.9 Å². The Labute approximate surface area is 111 Å². The number of methoxy groups -OCH3 is 2. The molecule has 2 rings (SSSR count). The van der Waals surface area contributed by atoms with Gasteiger partial charge in [0.15, 0.2) is 17.3 Å². The van der Waals surface area contributed by atoms with Crippen molar-refractivity contribution in [2.45, 2.75) is 13.3 Å². The van der Waals surface area contributed by atoms with Gasteiger partial charge in [0.2, 0.25) is 0 Å². The minimum absolute atomic E-state index is 0.541. The van der Waals surface area contributed by atoms with Crippen LogP contribution in [0.5, 0.6) is 11.5 Å². The van der Waals surface area contributed by atoms with Crippen molar-refractivity contribution in [2.75, 3.05) is 20.8 Å². The lowest BCUT2D eigenvalue weighted by Crippen LogP contribution is -2.03. The normalized spacial score (nSPS) is 10.5. The number of aromatic amines is 1. The van der Waals surface area contributed by atoms with Crippen molar-refractivity contribution in [3.63, 3.8) is 0 Å². The van der Waals surface area contributed by atoms with Crippen LogP contribution in [0, 0.1) is 6.92 Å². The summed E-state index contributed by atoms with van der Waals surface area (Å²) < 4.78 is 10.6. The number of nitrogens with one attached hydrogen (secondary N) is 1. The van der Waals surface area contributed by atoms with Crippen LogP contribution in [0.4, 0.5) is 0 Å². The van der Waals surface area contributed by atoms with Crippen LogP contribution < -0.4 is 15.2 Å². The topological polar surface area (TPSA) is 86.0 Å². The first-order valence-corrected chi connectivity index (χ1v) is 6.04. The summed E-state index contributed by atoms with van der Waals surface area (Å²) >= 11 is 0. The number of rotatable bonds is 5. The van der Waals surface area contributed by atoms with Crippen LogP contribution in [0.2, 0.25) is 0 Å². The van der Waals surface area contributed by atoms with E-state index in [0.29, 0.717) is 30.3 Å². The molecule has 19 heavy (non-hydrogen) atoms. The van der Waals surface area contributed by atoms with E-state index in [-0.39, 0.29) is 0 Å². The van der Waals surface area contributed by atoms with Crippen molar-refractivity contribution < 1.29 is 9.47 Å². The number of benzene rings is 1. The van der Waals surface area contributed by atoms with Crippen molar-refractivity contribution >= 4 is 0 Å². The van der Waals surface area contributed by atoms with Crippen LogP contribution in [0.25, 0.3) is 11.4 Å². The molecule has 6 nitrogen and oxygen atoms in total. The Balaban J connectivity index is 2.42. The molecule has 1 heterocycles. The third-order valence-corrected chi connectivity index (χ3v) is 2.88. The van der Waals surface area contributed by atoms with Crippen molar-refractivity contribution in [1.29, 1.82) is 0 Å². The van der Waals surface area contributed by atoms with Gasteiger partial charge in [0.25, 0.3) is 0 Å². The van der Waals surface area contributed by atoms with Crippen molar-refractivity contribution in [3.05, 3.63) is 23.5 Å². The van der Waals surface area contributed by atoms with E-state index in [1.807, 2.05) is 19.1 Å². The number of aromatic nitrogens is 3. The molecule has 0 fully saturated rings. The number of nitrogens with zero attached hydrogens (tertiary/aromatic N) is 2. The van der Waals surface area contributed by atoms with E-state index in [1.54, 1.807) is 14.2 Å². The summed E-state index contributed by atoms with van der Waals surface area (Å²) in [6.07, 6.45) is 0.680. The minimum atomic E-state index is 0.541. The molecular formula is C13H18N4O2. The third-order valence-electron chi connectivity index (χ3n) is 2.88. The lowest BCUT2D eigenvalue weighted by molar-refractivity contribution is 0.355. The molecule has 0 spiro atoms. The number of hydrogen-bond donors (Lipinski definition) is 2. The largest absolute Gasteiger partial charge is 0.493 e. The van der Waals surface area contributed by atoms with Crippen molar-refractivity contribution in [1.82, 2.24) is 15.2 Å². The fraction of sp³-hybridized carbons (Fsp3) is 0.385. The van der Waals surface area contributed by atoms with Gasteiger partial charge >= 0.3 is 0 Å². The highest BCUT2D eigenvalue weighted by atomic mass is 16.5. The van der Waals surface area contributed by atoms with Crippen LogP contribution in [0.3, 0.4) is 0 Å². The van der Waals surface area contributed by atoms with E-state index in [9.17, 15) is 0 Å². The van der Waals surface area contributed by atoms with Crippen LogP contribution in [0.15, 0.2) is 12.1 Å². The van der Waals surface area contributed by atoms with Gasteiger partial charge in [-0.1, -0.05) is 0 Å². The lowest BCUT2D eigenvalue weighted by Gasteiger charge is -2.10. The standard InChI is InChI=1S/C13H18N4O2/c1-8-6-10(18-2)11(19-3)7-9(8)13-15-12(4-5-14)16-17-13/h6-7H,4-5,14H2,1-3H3,(H,15,16,17). The van der Waals surface area contributed by atoms with Crippen molar-refractivity contribution in [3.8, 4) is 22.9 Å². The summed E-state index contributed by atoms with van der Waals surface area (Å²) in [5.74, 6) is 2.78. The molecule has 0 saturated carbocycles. The van der Waals surface area contributed by atoms with Gasteiger partial charge in [-0.2, -0.15) is 5.10 Å². The molecule has 2 aromatic rings. The number of aryl methyl sites for hydroxylation is 1. The van der Waals surface area contributed by atoms with E-state index in [4.69, 9.17) is 15.2 Å². The molecule has 0 unspecified atom stereocenters. The summed E-state index contributed by atoms with van der Waals surface area (Å²) in [5.41, 5.74) is 7.44. The molecule has 0 atom stereocenters. The maximum Gasteiger partial charge on any atom is 0.181 e. The van der Waals surface area contributed by atoms with Gasteiger partial charge in [-0.25, -0.2) is 4.98 Å². The predicted molar refractivity (Wildman–Crippen MR) is 72.4 cm³/mol. The van der Waals surface area contributed by atoms with Gasteiger partial charge in [-0.15, -0.1) is 0 Å². The Morgan fingerprint density at radius 1 is 1.21 bits per heavy atom. The molecule has 0 radical (unpaired) electrons. The maximum atomic E-state index is 5.50. The Morgan fingerprint density at radius 2 is 1.89 bits per heavy atom. The van der Waals surface area contributed by atoms with Gasteiger partial charge in [0, 0.05) is 12.0 Å². The Hall–Kier alpha value is -2.08. The number of H-pyrrole nitrogens is 1. The van der Waals surface area contributed by atoms with E-state index in [0.717, 1.165) is 17.0 Å². The van der Waals surface area contributed by atoms with Gasteiger partial charge in [0.05, 0.1) is 14.2 Å². The highest BCUT2D eigenvalue weighted by molar-refractivity contribution is 5.65. The summed E-state index contributed by atoms with van der Waals surface area (Å²) in [7, 11) is 3.22. The van der Waals surface area contributed by atoms with E-state index < -0.39 is 0 Å². The fourth-order valence-electron chi connectivity index (χ4n) is 1.89. The Morgan fingerprint density at radius 3 is 2.53 bits per heavy atom. The molecule has 0 aliphatic heterocycles. The highest BCUT2D eigenvalue weighted by Gasteiger charge is 2.13. The molecule has 0 aliphatic carbocycles. The molecule has 1 aromatic heterocycles. The first kappa shape index (κ1) is 13.4.